The van der Waals surface area contributed by atoms with Gasteiger partial charge in [0.15, 0.2) is 5.65 Å². The van der Waals surface area contributed by atoms with Gasteiger partial charge in [-0.3, -0.25) is 4.79 Å². The van der Waals surface area contributed by atoms with Gasteiger partial charge in [-0.2, -0.15) is 14.9 Å². The fourth-order valence-electron chi connectivity index (χ4n) is 3.47. The molecule has 0 bridgehead atoms. The molecule has 0 aliphatic heterocycles. The maximum absolute atomic E-state index is 13.6. The topological polar surface area (TPSA) is 103 Å². The second-order valence-electron chi connectivity index (χ2n) is 9.75. The Morgan fingerprint density at radius 3 is 2.36 bits per heavy atom. The quantitative estimate of drug-likeness (QED) is 0.478. The number of aromatic nitrogens is 7. The van der Waals surface area contributed by atoms with Crippen LogP contribution in [0.25, 0.3) is 17.0 Å². The number of nitrogens with zero attached hydrogens (tertiary/aromatic N) is 7. The van der Waals surface area contributed by atoms with E-state index in [1.165, 1.54) is 0 Å². The monoisotopic (exact) mass is 446 g/mol. The molecule has 1 N–H and O–H groups in total. The van der Waals surface area contributed by atoms with Gasteiger partial charge >= 0.3 is 0 Å². The van der Waals surface area contributed by atoms with E-state index in [-0.39, 0.29) is 23.3 Å². The molecule has 0 saturated carbocycles. The van der Waals surface area contributed by atoms with Gasteiger partial charge in [0.05, 0.1) is 22.8 Å². The minimum absolute atomic E-state index is 0.124. The molecule has 9 heteroatoms. The van der Waals surface area contributed by atoms with Crippen molar-refractivity contribution in [2.45, 2.75) is 65.8 Å². The third-order valence-electron chi connectivity index (χ3n) is 5.37. The molecule has 9 nitrogen and oxygen atoms in total. The zero-order valence-corrected chi connectivity index (χ0v) is 20.2. The van der Waals surface area contributed by atoms with Crippen molar-refractivity contribution in [1.29, 1.82) is 0 Å². The highest BCUT2D eigenvalue weighted by molar-refractivity contribution is 6.11. The first-order chi connectivity index (χ1) is 15.6. The van der Waals surface area contributed by atoms with Crippen LogP contribution in [0.2, 0.25) is 0 Å². The van der Waals surface area contributed by atoms with Crippen molar-refractivity contribution >= 4 is 22.8 Å². The lowest BCUT2D eigenvalue weighted by Crippen LogP contribution is -2.17. The molecule has 4 aromatic rings. The summed E-state index contributed by atoms with van der Waals surface area (Å²) in [4.78, 5) is 27.0. The average Bonchev–Trinajstić information content (AvgIpc) is 3.38. The molecule has 0 fully saturated rings. The molecule has 4 aromatic heterocycles. The summed E-state index contributed by atoms with van der Waals surface area (Å²) >= 11 is 0. The van der Waals surface area contributed by atoms with Crippen LogP contribution in [0.4, 0.5) is 5.82 Å². The fraction of sp³-hybridized carbons (Fsp3) is 0.417. The molecule has 1 amide bonds. The van der Waals surface area contributed by atoms with E-state index in [2.05, 4.69) is 60.1 Å². The highest BCUT2D eigenvalue weighted by Gasteiger charge is 2.24. The van der Waals surface area contributed by atoms with Crippen LogP contribution in [-0.4, -0.2) is 40.4 Å². The summed E-state index contributed by atoms with van der Waals surface area (Å²) in [6, 6.07) is 5.58. The van der Waals surface area contributed by atoms with Gasteiger partial charge in [-0.15, -0.1) is 0 Å². The highest BCUT2D eigenvalue weighted by Crippen LogP contribution is 2.28. The lowest BCUT2D eigenvalue weighted by molar-refractivity contribution is 0.102. The van der Waals surface area contributed by atoms with E-state index in [9.17, 15) is 4.79 Å². The molecule has 172 valence electrons. The van der Waals surface area contributed by atoms with Gasteiger partial charge in [-0.05, 0) is 31.9 Å². The van der Waals surface area contributed by atoms with E-state index < -0.39 is 0 Å². The third kappa shape index (κ3) is 4.35. The van der Waals surface area contributed by atoms with Crippen molar-refractivity contribution in [1.82, 2.24) is 34.5 Å². The summed E-state index contributed by atoms with van der Waals surface area (Å²) in [6.07, 6.45) is 5.00. The van der Waals surface area contributed by atoms with Crippen LogP contribution in [-0.2, 0) is 5.41 Å². The van der Waals surface area contributed by atoms with Gasteiger partial charge in [0.2, 0.25) is 0 Å². The van der Waals surface area contributed by atoms with Gasteiger partial charge in [-0.25, -0.2) is 19.6 Å². The molecule has 0 saturated heterocycles. The van der Waals surface area contributed by atoms with Gasteiger partial charge in [0.1, 0.15) is 5.82 Å². The van der Waals surface area contributed by atoms with E-state index in [1.807, 2.05) is 30.7 Å². The Kier molecular flexibility index (Phi) is 5.73. The summed E-state index contributed by atoms with van der Waals surface area (Å²) in [5, 5.41) is 12.9. The second kappa shape index (κ2) is 8.38. The SMILES string of the molecule is CC(C)c1cc(C(=O)Nc2cc(C(C)(C)C)nn2-c2ncccn2)c2cnn(C(C)C)c2n1. The van der Waals surface area contributed by atoms with E-state index in [1.54, 1.807) is 29.3 Å². The maximum Gasteiger partial charge on any atom is 0.257 e. The molecular weight excluding hydrogens is 416 g/mol. The molecular formula is C24H30N8O. The number of hydrogen-bond acceptors (Lipinski definition) is 6. The zero-order valence-electron chi connectivity index (χ0n) is 20.2. The van der Waals surface area contributed by atoms with Crippen LogP contribution < -0.4 is 5.32 Å². The van der Waals surface area contributed by atoms with Crippen LogP contribution >= 0.6 is 0 Å². The van der Waals surface area contributed by atoms with Crippen LogP contribution in [0.1, 0.15) is 82.2 Å². The third-order valence-corrected chi connectivity index (χ3v) is 5.37. The molecule has 33 heavy (non-hydrogen) atoms. The molecule has 4 rings (SSSR count). The molecule has 0 atom stereocenters. The number of anilines is 1. The number of hydrogen-bond donors (Lipinski definition) is 1. The Morgan fingerprint density at radius 1 is 1.06 bits per heavy atom. The van der Waals surface area contributed by atoms with Gasteiger partial charge in [-0.1, -0.05) is 34.6 Å². The van der Waals surface area contributed by atoms with Crippen molar-refractivity contribution in [2.75, 3.05) is 5.32 Å². The Balaban J connectivity index is 1.81. The Bertz CT molecular complexity index is 1300. The molecule has 4 heterocycles. The molecule has 0 spiro atoms. The van der Waals surface area contributed by atoms with E-state index in [4.69, 9.17) is 4.98 Å². The standard InChI is InChI=1S/C24H30N8O/c1-14(2)18-11-16(17-13-27-31(15(3)4)21(17)28-18)22(33)29-20-12-19(24(5,6)7)30-32(20)23-25-9-8-10-26-23/h8-15H,1-7H3,(H,29,33). The lowest BCUT2D eigenvalue weighted by Gasteiger charge is -2.13. The summed E-state index contributed by atoms with van der Waals surface area (Å²) < 4.78 is 3.41. The predicted molar refractivity (Wildman–Crippen MR) is 128 cm³/mol. The number of amides is 1. The first-order valence-corrected chi connectivity index (χ1v) is 11.1. The van der Waals surface area contributed by atoms with Crippen molar-refractivity contribution < 1.29 is 4.79 Å². The smallest absolute Gasteiger partial charge is 0.257 e. The average molecular weight is 447 g/mol. The largest absolute Gasteiger partial charge is 0.306 e. The van der Waals surface area contributed by atoms with Gasteiger partial charge in [0.25, 0.3) is 11.9 Å². The van der Waals surface area contributed by atoms with Crippen LogP contribution in [0, 0.1) is 0 Å². The summed E-state index contributed by atoms with van der Waals surface area (Å²) in [5.41, 5.74) is 2.67. The number of fused-ring (bicyclic) bond motifs is 1. The van der Waals surface area contributed by atoms with Gasteiger partial charge in [0, 0.05) is 35.6 Å². The minimum atomic E-state index is -0.259. The van der Waals surface area contributed by atoms with E-state index in [0.29, 0.717) is 28.4 Å². The summed E-state index contributed by atoms with van der Waals surface area (Å²) in [7, 11) is 0. The highest BCUT2D eigenvalue weighted by atomic mass is 16.1. The second-order valence-corrected chi connectivity index (χ2v) is 9.75. The number of carbonyl (C=O) groups is 1. The zero-order chi connectivity index (χ0) is 23.9. The molecule has 0 aromatic carbocycles. The van der Waals surface area contributed by atoms with Crippen LogP contribution in [0.3, 0.4) is 0 Å². The molecule has 0 radical (unpaired) electrons. The molecule has 0 unspecified atom stereocenters. The minimum Gasteiger partial charge on any atom is -0.306 e. The normalized spacial score (nSPS) is 12.2. The van der Waals surface area contributed by atoms with Crippen LogP contribution in [0.5, 0.6) is 0 Å². The number of nitrogens with one attached hydrogen (secondary N) is 1. The number of rotatable bonds is 5. The Labute approximate surface area is 193 Å². The summed E-state index contributed by atoms with van der Waals surface area (Å²) in [5.74, 6) is 0.791. The van der Waals surface area contributed by atoms with E-state index >= 15 is 0 Å². The van der Waals surface area contributed by atoms with E-state index in [0.717, 1.165) is 11.4 Å². The maximum atomic E-state index is 13.6. The first-order valence-electron chi connectivity index (χ1n) is 11.1. The van der Waals surface area contributed by atoms with Crippen LogP contribution in [0.15, 0.2) is 36.8 Å². The van der Waals surface area contributed by atoms with Crippen molar-refractivity contribution in [3.8, 4) is 5.95 Å². The molecule has 0 aliphatic rings. The first kappa shape index (κ1) is 22.6. The summed E-state index contributed by atoms with van der Waals surface area (Å²) in [6.45, 7) is 14.4. The molecule has 0 aliphatic carbocycles. The Hall–Kier alpha value is -3.62. The van der Waals surface area contributed by atoms with Crippen molar-refractivity contribution in [3.05, 3.63) is 53.7 Å². The van der Waals surface area contributed by atoms with Gasteiger partial charge < -0.3 is 5.32 Å². The Morgan fingerprint density at radius 2 is 1.76 bits per heavy atom. The van der Waals surface area contributed by atoms with Crippen molar-refractivity contribution in [3.63, 3.8) is 0 Å². The predicted octanol–water partition coefficient (Wildman–Crippen LogP) is 4.66. The fourth-order valence-corrected chi connectivity index (χ4v) is 3.47. The lowest BCUT2D eigenvalue weighted by atomic mass is 9.92. The number of carbonyl (C=O) groups excluding carboxylic acids is 1. The van der Waals surface area contributed by atoms with Crippen molar-refractivity contribution in [2.24, 2.45) is 0 Å². The number of pyridine rings is 1.